The summed E-state index contributed by atoms with van der Waals surface area (Å²) in [6.07, 6.45) is 0.758. The number of carbonyl (C=O) groups is 1. The Morgan fingerprint density at radius 3 is 3.10 bits per heavy atom. The summed E-state index contributed by atoms with van der Waals surface area (Å²) >= 11 is 5.90. The first kappa shape index (κ1) is 15.3. The fourth-order valence-corrected chi connectivity index (χ4v) is 1.98. The summed E-state index contributed by atoms with van der Waals surface area (Å²) in [6, 6.07) is 7.50. The maximum Gasteiger partial charge on any atom is 0.313 e. The molecule has 0 fully saturated rings. The number of rotatable bonds is 7. The average molecular weight is 309 g/mol. The second-order valence-electron chi connectivity index (χ2n) is 4.37. The second kappa shape index (κ2) is 7.64. The molecule has 0 radical (unpaired) electrons. The Bertz CT molecular complexity index is 600. The Morgan fingerprint density at radius 1 is 1.48 bits per heavy atom. The van der Waals surface area contributed by atoms with E-state index in [4.69, 9.17) is 16.3 Å². The van der Waals surface area contributed by atoms with Crippen molar-refractivity contribution < 1.29 is 9.53 Å². The summed E-state index contributed by atoms with van der Waals surface area (Å²) < 4.78 is 4.85. The van der Waals surface area contributed by atoms with Crippen LogP contribution in [0.15, 0.2) is 24.3 Å². The highest BCUT2D eigenvalue weighted by atomic mass is 35.5. The molecule has 2 rings (SSSR count). The predicted octanol–water partition coefficient (Wildman–Crippen LogP) is 2.22. The highest BCUT2D eigenvalue weighted by Gasteiger charge is 2.09. The number of aromatic nitrogens is 3. The van der Waals surface area contributed by atoms with Gasteiger partial charge in [-0.15, -0.1) is 0 Å². The molecule has 0 saturated carbocycles. The maximum absolute atomic E-state index is 11.3. The van der Waals surface area contributed by atoms with E-state index in [9.17, 15) is 4.79 Å². The van der Waals surface area contributed by atoms with Gasteiger partial charge in [0.1, 0.15) is 12.2 Å². The van der Waals surface area contributed by atoms with E-state index in [1.807, 2.05) is 24.3 Å². The van der Waals surface area contributed by atoms with Gasteiger partial charge < -0.3 is 10.1 Å². The molecule has 21 heavy (non-hydrogen) atoms. The number of nitrogens with one attached hydrogen (secondary N) is 2. The molecule has 0 unspecified atom stereocenters. The van der Waals surface area contributed by atoms with Crippen LogP contribution in [0.25, 0.3) is 0 Å². The molecule has 0 spiro atoms. The first-order valence-corrected chi connectivity index (χ1v) is 7.10. The fraction of sp³-hybridized carbons (Fsp3) is 0.357. The van der Waals surface area contributed by atoms with Gasteiger partial charge in [-0.25, -0.2) is 4.98 Å². The van der Waals surface area contributed by atoms with Gasteiger partial charge in [-0.05, 0) is 25.1 Å². The van der Waals surface area contributed by atoms with Crippen molar-refractivity contribution in [1.29, 1.82) is 0 Å². The normalized spacial score (nSPS) is 10.4. The minimum Gasteiger partial charge on any atom is -0.466 e. The lowest BCUT2D eigenvalue weighted by molar-refractivity contribution is -0.142. The molecule has 1 aromatic carbocycles. The van der Waals surface area contributed by atoms with Crippen molar-refractivity contribution in [3.63, 3.8) is 0 Å². The molecule has 112 valence electrons. The van der Waals surface area contributed by atoms with E-state index in [1.54, 1.807) is 6.92 Å². The number of hydrogen-bond acceptors (Lipinski definition) is 5. The zero-order valence-electron chi connectivity index (χ0n) is 11.7. The fourth-order valence-electron chi connectivity index (χ4n) is 1.79. The highest BCUT2D eigenvalue weighted by Crippen LogP contribution is 2.14. The Kier molecular flexibility index (Phi) is 5.57. The molecule has 2 aromatic rings. The smallest absolute Gasteiger partial charge is 0.313 e. The minimum absolute atomic E-state index is 0.114. The van der Waals surface area contributed by atoms with E-state index in [0.29, 0.717) is 36.2 Å². The van der Waals surface area contributed by atoms with Crippen LogP contribution in [0.2, 0.25) is 5.02 Å². The van der Waals surface area contributed by atoms with Crippen molar-refractivity contribution in [3.8, 4) is 0 Å². The van der Waals surface area contributed by atoms with Crippen LogP contribution in [0.1, 0.15) is 18.6 Å². The van der Waals surface area contributed by atoms with E-state index in [0.717, 1.165) is 5.69 Å². The molecule has 6 nitrogen and oxygen atoms in total. The number of ether oxygens (including phenoxy) is 1. The number of esters is 1. The van der Waals surface area contributed by atoms with Gasteiger partial charge in [0.2, 0.25) is 0 Å². The molecule has 0 aliphatic heterocycles. The Morgan fingerprint density at radius 2 is 2.33 bits per heavy atom. The molecular weight excluding hydrogens is 292 g/mol. The van der Waals surface area contributed by atoms with Crippen LogP contribution in [-0.2, 0) is 22.4 Å². The molecular formula is C14H17ClN4O2. The van der Waals surface area contributed by atoms with Crippen molar-refractivity contribution in [1.82, 2.24) is 15.2 Å². The zero-order chi connectivity index (χ0) is 15.1. The summed E-state index contributed by atoms with van der Waals surface area (Å²) in [4.78, 5) is 15.6. The lowest BCUT2D eigenvalue weighted by atomic mass is 10.3. The molecule has 0 aliphatic rings. The second-order valence-corrected chi connectivity index (χ2v) is 4.80. The highest BCUT2D eigenvalue weighted by molar-refractivity contribution is 6.30. The SMILES string of the molecule is CCOC(=O)Cc1nc(CCNc2cccc(Cl)c2)n[nH]1. The van der Waals surface area contributed by atoms with Gasteiger partial charge in [0, 0.05) is 23.7 Å². The summed E-state index contributed by atoms with van der Waals surface area (Å²) in [5, 5.41) is 10.7. The Balaban J connectivity index is 1.79. The number of aromatic amines is 1. The van der Waals surface area contributed by atoms with Crippen molar-refractivity contribution in [2.24, 2.45) is 0 Å². The summed E-state index contributed by atoms with van der Waals surface area (Å²) in [7, 11) is 0. The monoisotopic (exact) mass is 308 g/mol. The Hall–Kier alpha value is -2.08. The molecule has 1 aromatic heterocycles. The number of benzene rings is 1. The maximum atomic E-state index is 11.3. The van der Waals surface area contributed by atoms with Gasteiger partial charge in [0.05, 0.1) is 6.61 Å². The lowest BCUT2D eigenvalue weighted by Gasteiger charge is -2.04. The number of anilines is 1. The van der Waals surface area contributed by atoms with Crippen molar-refractivity contribution >= 4 is 23.3 Å². The van der Waals surface area contributed by atoms with E-state index in [2.05, 4.69) is 20.5 Å². The van der Waals surface area contributed by atoms with Gasteiger partial charge in [0.25, 0.3) is 0 Å². The molecule has 0 bridgehead atoms. The van der Waals surface area contributed by atoms with Crippen LogP contribution in [0, 0.1) is 0 Å². The lowest BCUT2D eigenvalue weighted by Crippen LogP contribution is -2.09. The van der Waals surface area contributed by atoms with Crippen LogP contribution >= 0.6 is 11.6 Å². The molecule has 2 N–H and O–H groups in total. The summed E-state index contributed by atoms with van der Waals surface area (Å²) in [5.74, 6) is 0.868. The van der Waals surface area contributed by atoms with Crippen molar-refractivity contribution in [2.75, 3.05) is 18.5 Å². The van der Waals surface area contributed by atoms with Crippen LogP contribution in [0.4, 0.5) is 5.69 Å². The number of nitrogens with zero attached hydrogens (tertiary/aromatic N) is 2. The topological polar surface area (TPSA) is 79.9 Å². The average Bonchev–Trinajstić information content (AvgIpc) is 2.86. The number of hydrogen-bond donors (Lipinski definition) is 2. The van der Waals surface area contributed by atoms with E-state index in [1.165, 1.54) is 0 Å². The number of carbonyl (C=O) groups excluding carboxylic acids is 1. The van der Waals surface area contributed by atoms with Crippen LogP contribution in [0.5, 0.6) is 0 Å². The molecule has 0 saturated heterocycles. The molecule has 0 aliphatic carbocycles. The largest absolute Gasteiger partial charge is 0.466 e. The molecule has 1 heterocycles. The summed E-state index contributed by atoms with van der Waals surface area (Å²) in [5.41, 5.74) is 0.949. The molecule has 7 heteroatoms. The van der Waals surface area contributed by atoms with E-state index < -0.39 is 0 Å². The van der Waals surface area contributed by atoms with Crippen molar-refractivity contribution in [2.45, 2.75) is 19.8 Å². The zero-order valence-corrected chi connectivity index (χ0v) is 12.5. The van der Waals surface area contributed by atoms with E-state index in [-0.39, 0.29) is 12.4 Å². The van der Waals surface area contributed by atoms with Gasteiger partial charge in [-0.3, -0.25) is 9.89 Å². The third-order valence-electron chi connectivity index (χ3n) is 2.70. The third-order valence-corrected chi connectivity index (χ3v) is 2.93. The van der Waals surface area contributed by atoms with Crippen molar-refractivity contribution in [3.05, 3.63) is 40.9 Å². The third kappa shape index (κ3) is 5.07. The standard InChI is InChI=1S/C14H17ClN4O2/c1-2-21-14(20)9-13-17-12(18-19-13)6-7-16-11-5-3-4-10(15)8-11/h3-5,8,16H,2,6-7,9H2,1H3,(H,17,18,19). The van der Waals surface area contributed by atoms with E-state index >= 15 is 0 Å². The Labute approximate surface area is 127 Å². The van der Waals surface area contributed by atoms with Crippen LogP contribution in [0.3, 0.4) is 0 Å². The first-order valence-electron chi connectivity index (χ1n) is 6.72. The quantitative estimate of drug-likeness (QED) is 0.767. The summed E-state index contributed by atoms with van der Waals surface area (Å²) in [6.45, 7) is 2.81. The number of H-pyrrole nitrogens is 1. The molecule has 0 atom stereocenters. The number of halogens is 1. The predicted molar refractivity (Wildman–Crippen MR) is 80.4 cm³/mol. The molecule has 0 amide bonds. The minimum atomic E-state index is -0.308. The van der Waals surface area contributed by atoms with Gasteiger partial charge >= 0.3 is 5.97 Å². The van der Waals surface area contributed by atoms with Gasteiger partial charge in [-0.2, -0.15) is 5.10 Å². The van der Waals surface area contributed by atoms with Gasteiger partial charge in [0.15, 0.2) is 5.82 Å². The first-order chi connectivity index (χ1) is 10.2. The van der Waals surface area contributed by atoms with Crippen LogP contribution in [-0.4, -0.2) is 34.3 Å². The van der Waals surface area contributed by atoms with Gasteiger partial charge in [-0.1, -0.05) is 17.7 Å². The van der Waals surface area contributed by atoms with Crippen LogP contribution < -0.4 is 5.32 Å².